The Bertz CT molecular complexity index is 584. The molecule has 0 aliphatic rings. The van der Waals surface area contributed by atoms with Gasteiger partial charge in [-0.1, -0.05) is 6.07 Å². The summed E-state index contributed by atoms with van der Waals surface area (Å²) in [5, 5.41) is -0.326. The van der Waals surface area contributed by atoms with E-state index in [1.165, 1.54) is 18.2 Å². The van der Waals surface area contributed by atoms with Crippen LogP contribution < -0.4 is 10.5 Å². The van der Waals surface area contributed by atoms with E-state index in [2.05, 4.69) is 9.36 Å². The van der Waals surface area contributed by atoms with E-state index in [0.29, 0.717) is 11.5 Å². The smallest absolute Gasteiger partial charge is 0.429 e. The van der Waals surface area contributed by atoms with Gasteiger partial charge in [-0.15, -0.1) is 0 Å². The van der Waals surface area contributed by atoms with Gasteiger partial charge in [0.2, 0.25) is 0 Å². The quantitative estimate of drug-likeness (QED) is 0.884. The second-order valence-corrected chi connectivity index (χ2v) is 4.12. The molecule has 0 saturated heterocycles. The van der Waals surface area contributed by atoms with Crippen molar-refractivity contribution in [2.75, 3.05) is 0 Å². The predicted octanol–water partition coefficient (Wildman–Crippen LogP) is 2.95. The van der Waals surface area contributed by atoms with Crippen LogP contribution in [0, 0.1) is 5.82 Å². The van der Waals surface area contributed by atoms with Crippen LogP contribution in [-0.4, -0.2) is 9.36 Å². The van der Waals surface area contributed by atoms with Crippen molar-refractivity contribution in [1.82, 2.24) is 9.36 Å². The summed E-state index contributed by atoms with van der Waals surface area (Å²) in [7, 11) is 0. The van der Waals surface area contributed by atoms with Crippen LogP contribution in [0.15, 0.2) is 18.2 Å². The standard InChI is InChI=1S/C10H7F4N3OS/c11-6-2-1-3-7(5(6)4-15)18-9-16-8(17-19-9)10(12,13)14/h1-3H,4,15H2. The Morgan fingerprint density at radius 1 is 1.32 bits per heavy atom. The van der Waals surface area contributed by atoms with Crippen molar-refractivity contribution in [3.8, 4) is 10.9 Å². The minimum Gasteiger partial charge on any atom is -0.429 e. The second kappa shape index (κ2) is 5.10. The normalized spacial score (nSPS) is 11.6. The Hall–Kier alpha value is -1.74. The maximum absolute atomic E-state index is 13.4. The summed E-state index contributed by atoms with van der Waals surface area (Å²) in [6.07, 6.45) is -4.64. The number of halogens is 4. The van der Waals surface area contributed by atoms with Gasteiger partial charge >= 0.3 is 6.18 Å². The summed E-state index contributed by atoms with van der Waals surface area (Å²) in [6.45, 7) is -0.146. The molecule has 9 heteroatoms. The summed E-state index contributed by atoms with van der Waals surface area (Å²) >= 11 is 0.430. The zero-order chi connectivity index (χ0) is 14.0. The van der Waals surface area contributed by atoms with Crippen LogP contribution in [0.5, 0.6) is 10.9 Å². The highest BCUT2D eigenvalue weighted by Gasteiger charge is 2.36. The van der Waals surface area contributed by atoms with Crippen LogP contribution in [0.4, 0.5) is 17.6 Å². The minimum absolute atomic E-state index is 0.0207. The number of benzene rings is 1. The van der Waals surface area contributed by atoms with Crippen LogP contribution in [0.3, 0.4) is 0 Å². The molecule has 1 aromatic carbocycles. The molecule has 1 heterocycles. The van der Waals surface area contributed by atoms with Crippen LogP contribution in [0.1, 0.15) is 11.4 Å². The fourth-order valence-electron chi connectivity index (χ4n) is 1.29. The van der Waals surface area contributed by atoms with Crippen molar-refractivity contribution in [2.45, 2.75) is 12.7 Å². The van der Waals surface area contributed by atoms with Gasteiger partial charge in [0.05, 0.1) is 0 Å². The Balaban J connectivity index is 2.27. The Labute approximate surface area is 109 Å². The molecule has 0 amide bonds. The van der Waals surface area contributed by atoms with E-state index in [4.69, 9.17) is 10.5 Å². The van der Waals surface area contributed by atoms with Crippen LogP contribution >= 0.6 is 11.5 Å². The molecule has 1 aromatic heterocycles. The summed E-state index contributed by atoms with van der Waals surface area (Å²) in [6, 6.07) is 3.92. The fraction of sp³-hybridized carbons (Fsp3) is 0.200. The molecule has 0 radical (unpaired) electrons. The molecule has 0 saturated carbocycles. The van der Waals surface area contributed by atoms with Gasteiger partial charge in [-0.05, 0) is 12.1 Å². The van der Waals surface area contributed by atoms with Gasteiger partial charge in [0, 0.05) is 23.6 Å². The Morgan fingerprint density at radius 2 is 2.05 bits per heavy atom. The summed E-state index contributed by atoms with van der Waals surface area (Å²) < 4.78 is 58.5. The van der Waals surface area contributed by atoms with E-state index in [1.54, 1.807) is 0 Å². The van der Waals surface area contributed by atoms with Crippen molar-refractivity contribution in [3.63, 3.8) is 0 Å². The van der Waals surface area contributed by atoms with E-state index >= 15 is 0 Å². The van der Waals surface area contributed by atoms with Gasteiger partial charge < -0.3 is 10.5 Å². The van der Waals surface area contributed by atoms with Crippen LogP contribution in [0.25, 0.3) is 0 Å². The predicted molar refractivity (Wildman–Crippen MR) is 59.3 cm³/mol. The van der Waals surface area contributed by atoms with Gasteiger partial charge in [0.1, 0.15) is 11.6 Å². The summed E-state index contributed by atoms with van der Waals surface area (Å²) in [5.74, 6) is -1.87. The SMILES string of the molecule is NCc1c(F)cccc1Oc1nc(C(F)(F)F)ns1. The Morgan fingerprint density at radius 3 is 2.63 bits per heavy atom. The Kier molecular flexibility index (Phi) is 3.67. The molecule has 0 fully saturated rings. The van der Waals surface area contributed by atoms with Crippen molar-refractivity contribution in [2.24, 2.45) is 5.73 Å². The number of hydrogen-bond acceptors (Lipinski definition) is 5. The first-order chi connectivity index (χ1) is 8.91. The number of rotatable bonds is 3. The average Bonchev–Trinajstić information content (AvgIpc) is 2.77. The molecule has 2 N–H and O–H groups in total. The maximum Gasteiger partial charge on any atom is 0.452 e. The first-order valence-corrected chi connectivity index (χ1v) is 5.75. The van der Waals surface area contributed by atoms with Crippen LogP contribution in [-0.2, 0) is 12.7 Å². The molecular weight excluding hydrogens is 286 g/mol. The van der Waals surface area contributed by atoms with E-state index in [1.807, 2.05) is 0 Å². The lowest BCUT2D eigenvalue weighted by molar-refractivity contribution is -0.144. The molecule has 0 spiro atoms. The minimum atomic E-state index is -4.64. The lowest BCUT2D eigenvalue weighted by Crippen LogP contribution is -2.07. The third kappa shape index (κ3) is 2.99. The first kappa shape index (κ1) is 13.7. The lowest BCUT2D eigenvalue weighted by atomic mass is 10.2. The maximum atomic E-state index is 13.4. The highest BCUT2D eigenvalue weighted by atomic mass is 32.1. The lowest BCUT2D eigenvalue weighted by Gasteiger charge is -2.07. The average molecular weight is 293 g/mol. The number of nitrogens with two attached hydrogens (primary N) is 1. The number of nitrogens with zero attached hydrogens (tertiary/aromatic N) is 2. The molecule has 0 bridgehead atoms. The van der Waals surface area contributed by atoms with E-state index in [9.17, 15) is 17.6 Å². The topological polar surface area (TPSA) is 61.0 Å². The molecule has 102 valence electrons. The molecule has 2 aromatic rings. The highest BCUT2D eigenvalue weighted by Crippen LogP contribution is 2.33. The monoisotopic (exact) mass is 293 g/mol. The fourth-order valence-corrected chi connectivity index (χ4v) is 1.86. The molecular formula is C10H7F4N3OS. The zero-order valence-corrected chi connectivity index (χ0v) is 10.1. The third-order valence-corrected chi connectivity index (χ3v) is 2.73. The molecule has 0 atom stereocenters. The number of ether oxygens (including phenoxy) is 1. The number of aromatic nitrogens is 2. The molecule has 0 unspecified atom stereocenters. The molecule has 4 nitrogen and oxygen atoms in total. The molecule has 0 aliphatic heterocycles. The largest absolute Gasteiger partial charge is 0.452 e. The van der Waals surface area contributed by atoms with Gasteiger partial charge in [-0.3, -0.25) is 0 Å². The van der Waals surface area contributed by atoms with Gasteiger partial charge in [0.15, 0.2) is 0 Å². The zero-order valence-electron chi connectivity index (χ0n) is 9.24. The van der Waals surface area contributed by atoms with E-state index in [-0.39, 0.29) is 23.1 Å². The van der Waals surface area contributed by atoms with Crippen molar-refractivity contribution in [1.29, 1.82) is 0 Å². The molecule has 0 aliphatic carbocycles. The van der Waals surface area contributed by atoms with E-state index < -0.39 is 17.8 Å². The van der Waals surface area contributed by atoms with Crippen molar-refractivity contribution in [3.05, 3.63) is 35.4 Å². The number of hydrogen-bond donors (Lipinski definition) is 1. The van der Waals surface area contributed by atoms with Crippen LogP contribution in [0.2, 0.25) is 0 Å². The second-order valence-electron chi connectivity index (χ2n) is 3.40. The third-order valence-electron chi connectivity index (χ3n) is 2.14. The van der Waals surface area contributed by atoms with Gasteiger partial charge in [-0.2, -0.15) is 22.5 Å². The number of alkyl halides is 3. The van der Waals surface area contributed by atoms with E-state index in [0.717, 1.165) is 0 Å². The summed E-state index contributed by atoms with van der Waals surface area (Å²) in [5.41, 5.74) is 5.41. The molecule has 2 rings (SSSR count). The van der Waals surface area contributed by atoms with Gasteiger partial charge in [0.25, 0.3) is 11.0 Å². The molecule has 19 heavy (non-hydrogen) atoms. The highest BCUT2D eigenvalue weighted by molar-refractivity contribution is 7.07. The first-order valence-electron chi connectivity index (χ1n) is 4.98. The van der Waals surface area contributed by atoms with Crippen molar-refractivity contribution < 1.29 is 22.3 Å². The summed E-state index contributed by atoms with van der Waals surface area (Å²) in [4.78, 5) is 3.18. The van der Waals surface area contributed by atoms with Crippen molar-refractivity contribution >= 4 is 11.5 Å². The van der Waals surface area contributed by atoms with Gasteiger partial charge in [-0.25, -0.2) is 4.39 Å².